The average molecular weight is 710 g/mol. The van der Waals surface area contributed by atoms with Crippen molar-refractivity contribution >= 4 is 29.6 Å². The molecule has 1 saturated carbocycles. The average Bonchev–Trinajstić information content (AvgIpc) is 3.10. The van der Waals surface area contributed by atoms with Gasteiger partial charge in [0.15, 0.2) is 0 Å². The number of carbonyl (C=O) groups excluding carboxylic acids is 2. The summed E-state index contributed by atoms with van der Waals surface area (Å²) in [7, 11) is 0. The Bertz CT molecular complexity index is 1510. The lowest BCUT2D eigenvalue weighted by Gasteiger charge is -2.49. The number of amides is 2. The number of alkyl halides is 6. The summed E-state index contributed by atoms with van der Waals surface area (Å²) < 4.78 is 82.7. The number of nitrogens with one attached hydrogen (secondary N) is 1. The van der Waals surface area contributed by atoms with E-state index in [-0.39, 0.29) is 60.4 Å². The van der Waals surface area contributed by atoms with Crippen molar-refractivity contribution in [3.05, 3.63) is 64.0 Å². The number of carbonyl (C=O) groups is 2. The zero-order valence-electron chi connectivity index (χ0n) is 27.8. The van der Waals surface area contributed by atoms with Crippen molar-refractivity contribution in [1.29, 1.82) is 5.41 Å². The van der Waals surface area contributed by atoms with E-state index in [1.54, 1.807) is 4.90 Å². The summed E-state index contributed by atoms with van der Waals surface area (Å²) in [5.74, 6) is -0.945. The van der Waals surface area contributed by atoms with E-state index in [4.69, 9.17) is 11.1 Å². The summed E-state index contributed by atoms with van der Waals surface area (Å²) in [4.78, 5) is 48.5. The van der Waals surface area contributed by atoms with Crippen LogP contribution in [0.5, 0.6) is 0 Å². The van der Waals surface area contributed by atoms with E-state index in [2.05, 4.69) is 15.1 Å². The maximum absolute atomic E-state index is 14.0. The van der Waals surface area contributed by atoms with E-state index in [9.17, 15) is 40.8 Å². The zero-order chi connectivity index (χ0) is 36.8. The van der Waals surface area contributed by atoms with Crippen LogP contribution < -0.4 is 10.6 Å². The van der Waals surface area contributed by atoms with Crippen LogP contribution in [0.3, 0.4) is 0 Å². The predicted octanol–water partition coefficient (Wildman–Crippen LogP) is 7.51. The maximum atomic E-state index is 14.0. The Morgan fingerprint density at radius 3 is 1.94 bits per heavy atom. The molecule has 3 atom stereocenters. The Hall–Kier alpha value is -4.37. The first-order chi connectivity index (χ1) is 23.6. The number of nitrogens with two attached hydrogens (primary N) is 1. The topological polar surface area (TPSA) is 146 Å². The molecule has 2 aromatic rings. The first-order valence-electron chi connectivity index (χ1n) is 16.6. The first-order valence-corrected chi connectivity index (χ1v) is 16.6. The third-order valence-electron chi connectivity index (χ3n) is 9.84. The molecule has 0 radical (unpaired) electrons. The Labute approximate surface area is 286 Å². The molecule has 50 heavy (non-hydrogen) atoms. The molecule has 10 nitrogen and oxygen atoms in total. The lowest BCUT2D eigenvalue weighted by Crippen LogP contribution is -2.58. The second-order valence-electron chi connectivity index (χ2n) is 13.0. The first kappa shape index (κ1) is 38.4. The minimum Gasteiger partial charge on any atom is -0.404 e. The van der Waals surface area contributed by atoms with Crippen LogP contribution in [-0.4, -0.2) is 51.0 Å². The van der Waals surface area contributed by atoms with Gasteiger partial charge in [0.25, 0.3) is 5.91 Å². The lowest BCUT2D eigenvalue weighted by molar-refractivity contribution is -0.145. The highest BCUT2D eigenvalue weighted by Crippen LogP contribution is 2.40. The molecule has 1 aliphatic heterocycles. The van der Waals surface area contributed by atoms with Crippen molar-refractivity contribution in [3.63, 3.8) is 0 Å². The quantitative estimate of drug-likeness (QED) is 0.140. The fourth-order valence-electron chi connectivity index (χ4n) is 7.22. The molecule has 2 aliphatic rings. The normalized spacial score (nSPS) is 23.3. The Kier molecular flexibility index (Phi) is 12.4. The van der Waals surface area contributed by atoms with Gasteiger partial charge >= 0.3 is 12.4 Å². The smallest absolute Gasteiger partial charge is 0.404 e. The molecule has 2 fully saturated rings. The Morgan fingerprint density at radius 1 is 0.960 bits per heavy atom. The molecule has 1 aliphatic carbocycles. The predicted molar refractivity (Wildman–Crippen MR) is 175 cm³/mol. The van der Waals surface area contributed by atoms with Crippen molar-refractivity contribution in [1.82, 2.24) is 14.9 Å². The number of halogens is 6. The van der Waals surface area contributed by atoms with Gasteiger partial charge in [-0.1, -0.05) is 13.8 Å². The molecule has 2 heterocycles. The summed E-state index contributed by atoms with van der Waals surface area (Å²) in [6.45, 7) is 3.47. The molecule has 272 valence electrons. The molecular formula is C34H41F6N7O3. The largest absolute Gasteiger partial charge is 0.416 e. The van der Waals surface area contributed by atoms with Gasteiger partial charge in [0, 0.05) is 78.1 Å². The molecule has 1 saturated heterocycles. The number of hydrogen-bond acceptors (Lipinski definition) is 8. The van der Waals surface area contributed by atoms with Gasteiger partial charge in [-0.15, -0.1) is 4.91 Å². The minimum absolute atomic E-state index is 0.0111. The van der Waals surface area contributed by atoms with Gasteiger partial charge in [-0.3, -0.25) is 9.59 Å². The monoisotopic (exact) mass is 709 g/mol. The van der Waals surface area contributed by atoms with Crippen LogP contribution in [0.1, 0.15) is 93.9 Å². The highest BCUT2D eigenvalue weighted by Gasteiger charge is 2.43. The highest BCUT2D eigenvalue weighted by molar-refractivity contribution is 6.07. The number of benzene rings is 1. The van der Waals surface area contributed by atoms with E-state index < -0.39 is 35.4 Å². The highest BCUT2D eigenvalue weighted by atomic mass is 19.4. The van der Waals surface area contributed by atoms with E-state index in [1.165, 1.54) is 18.6 Å². The van der Waals surface area contributed by atoms with Gasteiger partial charge in [0.05, 0.1) is 11.1 Å². The summed E-state index contributed by atoms with van der Waals surface area (Å²) in [6, 6.07) is 0.443. The van der Waals surface area contributed by atoms with Crippen molar-refractivity contribution in [2.24, 2.45) is 22.7 Å². The summed E-state index contributed by atoms with van der Waals surface area (Å²) in [5, 5.41) is 10.0. The number of rotatable bonds is 11. The van der Waals surface area contributed by atoms with Gasteiger partial charge in [-0.25, -0.2) is 9.97 Å². The van der Waals surface area contributed by atoms with Gasteiger partial charge in [0.2, 0.25) is 11.9 Å². The molecule has 0 spiro atoms. The van der Waals surface area contributed by atoms with Gasteiger partial charge in [0.1, 0.15) is 0 Å². The lowest BCUT2D eigenvalue weighted by atomic mass is 9.78. The van der Waals surface area contributed by atoms with Crippen molar-refractivity contribution < 1.29 is 35.9 Å². The second-order valence-corrected chi connectivity index (χ2v) is 13.0. The fourth-order valence-corrected chi connectivity index (χ4v) is 7.22. The second kappa shape index (κ2) is 16.1. The van der Waals surface area contributed by atoms with Crippen LogP contribution in [0.25, 0.3) is 5.57 Å². The molecule has 1 unspecified atom stereocenters. The van der Waals surface area contributed by atoms with Gasteiger partial charge in [-0.2, -0.15) is 26.3 Å². The molecule has 3 N–H and O–H groups in total. The standard InChI is InChI=1S/C34H41F6N7O3/c1-3-27-13-29(14-28(4-2)47(27)31(49)22-7-5-20(6-8-22)11-30(48)45-50)46(32-43-17-24(18-44-32)23(15-41)16-42)19-21-9-25(33(35,36)37)12-26(10-21)34(38,39)40/h9-10,12,15-18,20,22,27-29,41H,3-8,11,13-14,19,42H2,1-2H3/b23-16+,41-15?/t20?,22?,27-,28+,29?. The van der Waals surface area contributed by atoms with E-state index in [0.29, 0.717) is 74.6 Å². The molecular weight excluding hydrogens is 668 g/mol. The minimum atomic E-state index is -5.02. The zero-order valence-corrected chi connectivity index (χ0v) is 27.8. The number of anilines is 1. The van der Waals surface area contributed by atoms with Crippen LogP contribution in [0.2, 0.25) is 0 Å². The van der Waals surface area contributed by atoms with Crippen molar-refractivity contribution in [2.75, 3.05) is 4.90 Å². The van der Waals surface area contributed by atoms with Crippen LogP contribution >= 0.6 is 0 Å². The molecule has 16 heteroatoms. The van der Waals surface area contributed by atoms with Crippen molar-refractivity contribution in [2.45, 2.75) is 109 Å². The van der Waals surface area contributed by atoms with Crippen LogP contribution in [0, 0.1) is 22.2 Å². The van der Waals surface area contributed by atoms with E-state index in [0.717, 1.165) is 6.21 Å². The van der Waals surface area contributed by atoms with Crippen LogP contribution in [0.15, 0.2) is 42.0 Å². The number of likely N-dealkylation sites (tertiary alicyclic amines) is 1. The number of hydrogen-bond donors (Lipinski definition) is 2. The van der Waals surface area contributed by atoms with Gasteiger partial charge in [-0.05, 0) is 81.0 Å². The SMILES string of the molecule is CC[C@@H]1CC(N(Cc2cc(C(F)(F)F)cc(C(F)(F)F)c2)c2ncc(/C(C=N)=C/N)cn2)C[C@H](CC)N1C(=O)C1CCC(CC(=O)N=O)CC1. The van der Waals surface area contributed by atoms with E-state index in [1.807, 2.05) is 18.7 Å². The van der Waals surface area contributed by atoms with Crippen LogP contribution in [0.4, 0.5) is 32.3 Å². The van der Waals surface area contributed by atoms with E-state index >= 15 is 0 Å². The third-order valence-corrected chi connectivity index (χ3v) is 9.84. The molecule has 4 rings (SSSR count). The van der Waals surface area contributed by atoms with Crippen molar-refractivity contribution in [3.8, 4) is 0 Å². The Morgan fingerprint density at radius 2 is 1.50 bits per heavy atom. The number of nitrogens with zero attached hydrogens (tertiary/aromatic N) is 5. The number of piperidine rings is 1. The molecule has 0 bridgehead atoms. The Balaban J connectivity index is 1.68. The maximum Gasteiger partial charge on any atom is 0.416 e. The molecule has 2 amide bonds. The van der Waals surface area contributed by atoms with Crippen LogP contribution in [-0.2, 0) is 28.5 Å². The fraction of sp³-hybridized carbons (Fsp3) is 0.559. The molecule has 1 aromatic heterocycles. The summed E-state index contributed by atoms with van der Waals surface area (Å²) in [5.41, 5.74) is 3.20. The third kappa shape index (κ3) is 9.04. The summed E-state index contributed by atoms with van der Waals surface area (Å²) >= 11 is 0. The number of allylic oxidation sites excluding steroid dienone is 1. The van der Waals surface area contributed by atoms with Gasteiger partial charge < -0.3 is 20.9 Å². The number of aromatic nitrogens is 2. The summed E-state index contributed by atoms with van der Waals surface area (Å²) in [6.07, 6.45) is -0.893. The molecule has 1 aromatic carbocycles. The number of nitroso groups, excluding NO2 is 1.